The zero-order chi connectivity index (χ0) is 15.0. The quantitative estimate of drug-likeness (QED) is 0.423. The van der Waals surface area contributed by atoms with Gasteiger partial charge in [0.05, 0.1) is 7.11 Å². The summed E-state index contributed by atoms with van der Waals surface area (Å²) in [5.41, 5.74) is 1.30. The number of carbonyl (C=O) groups excluding carboxylic acids is 2. The van der Waals surface area contributed by atoms with Gasteiger partial charge >= 0.3 is 5.97 Å². The zero-order valence-corrected chi connectivity index (χ0v) is 12.4. The minimum Gasteiger partial charge on any atom is -0.466 e. The largest absolute Gasteiger partial charge is 0.466 e. The van der Waals surface area contributed by atoms with Crippen molar-refractivity contribution < 1.29 is 14.3 Å². The fraction of sp³-hybridized carbons (Fsp3) is 0.529. The van der Waals surface area contributed by atoms with Crippen LogP contribution in [-0.2, 0) is 14.3 Å². The van der Waals surface area contributed by atoms with E-state index in [1.54, 1.807) is 6.08 Å². The molecule has 20 heavy (non-hydrogen) atoms. The standard InChI is InChI=1S/C17H24O3/c1-4-7-13(2)16-9-6-5-8-14(16)12-15(18)10-11-17(19)20-3/h4,7,10-11,14,16H,1,5-6,8-9,12H2,2-3H3/b11-10+,13-7+/t14-,16-/m1/s1. The molecule has 0 spiro atoms. The van der Waals surface area contributed by atoms with E-state index in [1.165, 1.54) is 37.7 Å². The minimum absolute atomic E-state index is 0.00120. The fourth-order valence-electron chi connectivity index (χ4n) is 2.92. The summed E-state index contributed by atoms with van der Waals surface area (Å²) in [4.78, 5) is 22.9. The van der Waals surface area contributed by atoms with E-state index in [1.807, 2.05) is 6.08 Å². The van der Waals surface area contributed by atoms with Crippen molar-refractivity contribution in [3.8, 4) is 0 Å². The van der Waals surface area contributed by atoms with Crippen molar-refractivity contribution in [2.75, 3.05) is 7.11 Å². The van der Waals surface area contributed by atoms with Crippen LogP contribution in [-0.4, -0.2) is 18.9 Å². The van der Waals surface area contributed by atoms with Gasteiger partial charge in [-0.2, -0.15) is 0 Å². The molecule has 0 aliphatic heterocycles. The minimum atomic E-state index is -0.485. The van der Waals surface area contributed by atoms with Gasteiger partial charge in [0.15, 0.2) is 5.78 Å². The van der Waals surface area contributed by atoms with Crippen LogP contribution < -0.4 is 0 Å². The number of hydrogen-bond acceptors (Lipinski definition) is 3. The molecule has 0 unspecified atom stereocenters. The highest BCUT2D eigenvalue weighted by Crippen LogP contribution is 2.37. The Bertz CT molecular complexity index is 418. The van der Waals surface area contributed by atoms with Gasteiger partial charge in [-0.3, -0.25) is 4.79 Å². The Morgan fingerprint density at radius 2 is 1.95 bits per heavy atom. The molecule has 1 saturated carbocycles. The predicted octanol–water partition coefficient (Wildman–Crippen LogP) is 3.61. The lowest BCUT2D eigenvalue weighted by atomic mass is 9.73. The molecule has 0 aromatic carbocycles. The molecule has 2 atom stereocenters. The number of rotatable bonds is 6. The highest BCUT2D eigenvalue weighted by Gasteiger charge is 2.27. The number of hydrogen-bond donors (Lipinski definition) is 0. The molecule has 1 aliphatic rings. The van der Waals surface area contributed by atoms with Gasteiger partial charge in [0.1, 0.15) is 0 Å². The number of ether oxygens (including phenoxy) is 1. The van der Waals surface area contributed by atoms with Gasteiger partial charge in [-0.1, -0.05) is 37.1 Å². The monoisotopic (exact) mass is 276 g/mol. The van der Waals surface area contributed by atoms with E-state index in [0.29, 0.717) is 18.3 Å². The molecule has 1 fully saturated rings. The van der Waals surface area contributed by atoms with Gasteiger partial charge < -0.3 is 4.74 Å². The van der Waals surface area contributed by atoms with E-state index in [0.717, 1.165) is 12.8 Å². The molecule has 1 rings (SSSR count). The van der Waals surface area contributed by atoms with Gasteiger partial charge in [-0.15, -0.1) is 0 Å². The van der Waals surface area contributed by atoms with E-state index in [4.69, 9.17) is 0 Å². The molecule has 1 aliphatic carbocycles. The Hall–Kier alpha value is -1.64. The summed E-state index contributed by atoms with van der Waals surface area (Å²) < 4.78 is 4.48. The van der Waals surface area contributed by atoms with Crippen LogP contribution in [0.2, 0.25) is 0 Å². The first-order chi connectivity index (χ1) is 9.58. The molecule has 0 N–H and O–H groups in total. The number of carbonyl (C=O) groups is 2. The molecule has 0 bridgehead atoms. The summed E-state index contributed by atoms with van der Waals surface area (Å²) in [7, 11) is 1.30. The molecule has 3 nitrogen and oxygen atoms in total. The first kappa shape index (κ1) is 16.4. The molecular weight excluding hydrogens is 252 g/mol. The Kier molecular flexibility index (Phi) is 6.99. The fourth-order valence-corrected chi connectivity index (χ4v) is 2.92. The van der Waals surface area contributed by atoms with Crippen molar-refractivity contribution in [1.82, 2.24) is 0 Å². The number of allylic oxidation sites excluding steroid dienone is 4. The SMILES string of the molecule is C=C/C=C(\C)[C@H]1CCCC[C@@H]1CC(=O)/C=C/C(=O)OC. The molecule has 0 aromatic rings. The van der Waals surface area contributed by atoms with Gasteiger partial charge in [-0.05, 0) is 37.7 Å². The van der Waals surface area contributed by atoms with Crippen molar-refractivity contribution in [3.63, 3.8) is 0 Å². The zero-order valence-electron chi connectivity index (χ0n) is 12.4. The maximum absolute atomic E-state index is 11.9. The van der Waals surface area contributed by atoms with Gasteiger partial charge in [0.25, 0.3) is 0 Å². The third kappa shape index (κ3) is 5.16. The number of methoxy groups -OCH3 is 1. The van der Waals surface area contributed by atoms with Crippen molar-refractivity contribution >= 4 is 11.8 Å². The van der Waals surface area contributed by atoms with Crippen molar-refractivity contribution in [2.24, 2.45) is 11.8 Å². The van der Waals surface area contributed by atoms with Crippen molar-refractivity contribution in [2.45, 2.75) is 39.0 Å². The average Bonchev–Trinajstić information content (AvgIpc) is 2.45. The normalized spacial score (nSPS) is 23.6. The van der Waals surface area contributed by atoms with Gasteiger partial charge in [0.2, 0.25) is 0 Å². The average molecular weight is 276 g/mol. The van der Waals surface area contributed by atoms with E-state index in [9.17, 15) is 9.59 Å². The van der Waals surface area contributed by atoms with Crippen molar-refractivity contribution in [3.05, 3.63) is 36.5 Å². The van der Waals surface area contributed by atoms with E-state index >= 15 is 0 Å². The predicted molar refractivity (Wildman–Crippen MR) is 80.2 cm³/mol. The Morgan fingerprint density at radius 1 is 1.25 bits per heavy atom. The highest BCUT2D eigenvalue weighted by atomic mass is 16.5. The summed E-state index contributed by atoms with van der Waals surface area (Å²) in [5, 5.41) is 0. The summed E-state index contributed by atoms with van der Waals surface area (Å²) in [6.07, 6.45) is 11.5. The summed E-state index contributed by atoms with van der Waals surface area (Å²) in [5.74, 6) is 0.340. The maximum Gasteiger partial charge on any atom is 0.330 e. The van der Waals surface area contributed by atoms with E-state index in [2.05, 4.69) is 18.2 Å². The summed E-state index contributed by atoms with van der Waals surface area (Å²) in [6, 6.07) is 0. The second kappa shape index (κ2) is 8.51. The van der Waals surface area contributed by atoms with Crippen LogP contribution in [0.25, 0.3) is 0 Å². The maximum atomic E-state index is 11.9. The second-order valence-electron chi connectivity index (χ2n) is 5.32. The number of esters is 1. The second-order valence-corrected chi connectivity index (χ2v) is 5.32. The Labute approximate surface area is 121 Å². The lowest BCUT2D eigenvalue weighted by Gasteiger charge is -2.31. The first-order valence-electron chi connectivity index (χ1n) is 7.16. The summed E-state index contributed by atoms with van der Waals surface area (Å²) >= 11 is 0. The smallest absolute Gasteiger partial charge is 0.330 e. The van der Waals surface area contributed by atoms with Crippen LogP contribution in [0.5, 0.6) is 0 Å². The molecule has 0 saturated heterocycles. The first-order valence-corrected chi connectivity index (χ1v) is 7.16. The van der Waals surface area contributed by atoms with Gasteiger partial charge in [-0.25, -0.2) is 4.79 Å². The van der Waals surface area contributed by atoms with Crippen LogP contribution in [0.15, 0.2) is 36.5 Å². The lowest BCUT2D eigenvalue weighted by Crippen LogP contribution is -2.23. The van der Waals surface area contributed by atoms with Crippen LogP contribution in [0.4, 0.5) is 0 Å². The molecule has 0 amide bonds. The lowest BCUT2D eigenvalue weighted by molar-refractivity contribution is -0.135. The molecule has 110 valence electrons. The van der Waals surface area contributed by atoms with Crippen LogP contribution >= 0.6 is 0 Å². The van der Waals surface area contributed by atoms with Crippen LogP contribution in [0.1, 0.15) is 39.0 Å². The summed E-state index contributed by atoms with van der Waals surface area (Å²) in [6.45, 7) is 5.84. The van der Waals surface area contributed by atoms with Crippen LogP contribution in [0.3, 0.4) is 0 Å². The highest BCUT2D eigenvalue weighted by molar-refractivity contribution is 5.95. The van der Waals surface area contributed by atoms with Crippen LogP contribution in [0, 0.1) is 11.8 Å². The molecule has 0 aromatic heterocycles. The number of ketones is 1. The molecular formula is C17H24O3. The third-order valence-corrected chi connectivity index (χ3v) is 3.94. The molecule has 0 radical (unpaired) electrons. The van der Waals surface area contributed by atoms with Gasteiger partial charge in [0, 0.05) is 12.5 Å². The van der Waals surface area contributed by atoms with E-state index < -0.39 is 5.97 Å². The topological polar surface area (TPSA) is 43.4 Å². The third-order valence-electron chi connectivity index (χ3n) is 3.94. The van der Waals surface area contributed by atoms with E-state index in [-0.39, 0.29) is 5.78 Å². The molecule has 3 heteroatoms. The Morgan fingerprint density at radius 3 is 2.60 bits per heavy atom. The molecule has 0 heterocycles. The Balaban J connectivity index is 2.65. The van der Waals surface area contributed by atoms with Crippen molar-refractivity contribution in [1.29, 1.82) is 0 Å².